The van der Waals surface area contributed by atoms with Gasteiger partial charge in [-0.2, -0.15) is 0 Å². The molecule has 0 radical (unpaired) electrons. The highest BCUT2D eigenvalue weighted by molar-refractivity contribution is 5.64. The second-order valence-electron chi connectivity index (χ2n) is 1.54. The summed E-state index contributed by atoms with van der Waals surface area (Å²) in [5.41, 5.74) is 0. The number of hydrogen-bond acceptors (Lipinski definition) is 2. The average Bonchev–Trinajstić information content (AvgIpc) is 1.85. The molecule has 50 valence electrons. The van der Waals surface area contributed by atoms with E-state index in [2.05, 4.69) is 0 Å². The topological polar surface area (TPSA) is 37.3 Å². The van der Waals surface area contributed by atoms with Crippen molar-refractivity contribution in [3.05, 3.63) is 24.3 Å². The highest BCUT2D eigenvalue weighted by atomic mass is 16.3. The molecular weight excluding hydrogens is 116 g/mol. The number of hydrogen-bond donors (Lipinski definition) is 1. The van der Waals surface area contributed by atoms with Crippen LogP contribution in [0.15, 0.2) is 24.3 Å². The molecule has 0 heterocycles. The first-order valence-electron chi connectivity index (χ1n) is 2.74. The maximum atomic E-state index is 9.69. The van der Waals surface area contributed by atoms with Gasteiger partial charge in [-0.05, 0) is 19.1 Å². The fourth-order valence-electron chi connectivity index (χ4n) is 0.421. The molecule has 0 aliphatic carbocycles. The second kappa shape index (κ2) is 5.25. The Labute approximate surface area is 54.5 Å². The Morgan fingerprint density at radius 1 is 1.44 bits per heavy atom. The van der Waals surface area contributed by atoms with Crippen molar-refractivity contribution >= 4 is 6.29 Å². The molecule has 9 heavy (non-hydrogen) atoms. The van der Waals surface area contributed by atoms with E-state index in [1.54, 1.807) is 19.1 Å². The predicted molar refractivity (Wildman–Crippen MR) is 36.0 cm³/mol. The summed E-state index contributed by atoms with van der Waals surface area (Å²) >= 11 is 0. The molecule has 1 unspecified atom stereocenters. The van der Waals surface area contributed by atoms with E-state index in [0.717, 1.165) is 0 Å². The molecule has 0 rings (SSSR count). The zero-order valence-electron chi connectivity index (χ0n) is 5.32. The Hall–Kier alpha value is -0.890. The van der Waals surface area contributed by atoms with E-state index in [-0.39, 0.29) is 0 Å². The molecule has 0 fully saturated rings. The first-order valence-corrected chi connectivity index (χ1v) is 2.74. The largest absolute Gasteiger partial charge is 0.385 e. The van der Waals surface area contributed by atoms with Gasteiger partial charge in [0.15, 0.2) is 0 Å². The summed E-state index contributed by atoms with van der Waals surface area (Å²) in [6.45, 7) is 1.80. The van der Waals surface area contributed by atoms with Crippen molar-refractivity contribution in [1.29, 1.82) is 0 Å². The van der Waals surface area contributed by atoms with Gasteiger partial charge in [0.1, 0.15) is 6.29 Å². The highest BCUT2D eigenvalue weighted by Crippen LogP contribution is 1.86. The first-order chi connectivity index (χ1) is 4.31. The van der Waals surface area contributed by atoms with Gasteiger partial charge >= 0.3 is 0 Å². The molecule has 0 saturated carbocycles. The molecule has 1 atom stereocenters. The minimum absolute atomic E-state index is 0.625. The van der Waals surface area contributed by atoms with Crippen LogP contribution in [0, 0.1) is 0 Å². The zero-order chi connectivity index (χ0) is 7.11. The Kier molecular flexibility index (Phi) is 4.73. The first kappa shape index (κ1) is 8.11. The number of carbonyl (C=O) groups excluding carboxylic acids is 1. The summed E-state index contributed by atoms with van der Waals surface area (Å²) in [5.74, 6) is 0. The van der Waals surface area contributed by atoms with Crippen LogP contribution in [0.5, 0.6) is 0 Å². The molecule has 0 aromatic carbocycles. The lowest BCUT2D eigenvalue weighted by atomic mass is 10.3. The van der Waals surface area contributed by atoms with Gasteiger partial charge < -0.3 is 5.11 Å². The molecular formula is C7H10O2. The van der Waals surface area contributed by atoms with Gasteiger partial charge in [-0.25, -0.2) is 0 Å². The van der Waals surface area contributed by atoms with Crippen molar-refractivity contribution in [2.45, 2.75) is 13.0 Å². The summed E-state index contributed by atoms with van der Waals surface area (Å²) in [6.07, 6.45) is 5.99. The van der Waals surface area contributed by atoms with Crippen LogP contribution in [-0.2, 0) is 4.79 Å². The van der Waals surface area contributed by atoms with Gasteiger partial charge in [-0.1, -0.05) is 12.2 Å². The number of rotatable bonds is 3. The monoisotopic (exact) mass is 126 g/mol. The molecule has 0 spiro atoms. The third kappa shape index (κ3) is 4.97. The van der Waals surface area contributed by atoms with E-state index in [4.69, 9.17) is 5.11 Å². The molecule has 0 bridgehead atoms. The third-order valence-electron chi connectivity index (χ3n) is 0.776. The van der Waals surface area contributed by atoms with Gasteiger partial charge in [-0.15, -0.1) is 0 Å². The molecule has 2 nitrogen and oxygen atoms in total. The fraction of sp³-hybridized carbons (Fsp3) is 0.286. The van der Waals surface area contributed by atoms with Crippen molar-refractivity contribution in [1.82, 2.24) is 0 Å². The summed E-state index contributed by atoms with van der Waals surface area (Å²) in [6, 6.07) is 0. The minimum atomic E-state index is -0.625. The van der Waals surface area contributed by atoms with Crippen LogP contribution in [0.1, 0.15) is 6.92 Å². The molecule has 1 N–H and O–H groups in total. The SMILES string of the molecule is C/C=C/C(O)/C=C/C=O. The number of aldehydes is 1. The maximum absolute atomic E-state index is 9.69. The predicted octanol–water partition coefficient (Wildman–Crippen LogP) is 0.678. The Bertz CT molecular complexity index is 125. The fourth-order valence-corrected chi connectivity index (χ4v) is 0.421. The number of aliphatic hydroxyl groups is 1. The van der Waals surface area contributed by atoms with Crippen LogP contribution < -0.4 is 0 Å². The summed E-state index contributed by atoms with van der Waals surface area (Å²) in [5, 5.41) is 8.85. The van der Waals surface area contributed by atoms with Crippen LogP contribution in [0.2, 0.25) is 0 Å². The van der Waals surface area contributed by atoms with Gasteiger partial charge in [0.05, 0.1) is 6.10 Å². The molecule has 0 saturated heterocycles. The lowest BCUT2D eigenvalue weighted by molar-refractivity contribution is -0.104. The van der Waals surface area contributed by atoms with E-state index < -0.39 is 6.10 Å². The van der Waals surface area contributed by atoms with Crippen LogP contribution in [0.4, 0.5) is 0 Å². The summed E-state index contributed by atoms with van der Waals surface area (Å²) < 4.78 is 0. The number of aliphatic hydroxyl groups excluding tert-OH is 1. The Balaban J connectivity index is 3.61. The lowest BCUT2D eigenvalue weighted by Gasteiger charge is -1.91. The standard InChI is InChI=1S/C7H10O2/c1-2-4-7(9)5-3-6-8/h2-7,9H,1H3/b4-2+,5-3+. The number of allylic oxidation sites excluding steroid dienone is 2. The highest BCUT2D eigenvalue weighted by Gasteiger charge is 1.86. The maximum Gasteiger partial charge on any atom is 0.142 e. The van der Waals surface area contributed by atoms with Crippen LogP contribution in [-0.4, -0.2) is 17.5 Å². The molecule has 0 aliphatic rings. The molecule has 0 aromatic heterocycles. The average molecular weight is 126 g/mol. The molecule has 0 aliphatic heterocycles. The quantitative estimate of drug-likeness (QED) is 0.343. The third-order valence-corrected chi connectivity index (χ3v) is 0.776. The van der Waals surface area contributed by atoms with Gasteiger partial charge in [0.25, 0.3) is 0 Å². The smallest absolute Gasteiger partial charge is 0.142 e. The van der Waals surface area contributed by atoms with E-state index >= 15 is 0 Å². The van der Waals surface area contributed by atoms with Gasteiger partial charge in [0.2, 0.25) is 0 Å². The normalized spacial score (nSPS) is 14.9. The van der Waals surface area contributed by atoms with E-state index in [1.807, 2.05) is 0 Å². The van der Waals surface area contributed by atoms with E-state index in [0.29, 0.717) is 6.29 Å². The van der Waals surface area contributed by atoms with Crippen molar-refractivity contribution < 1.29 is 9.90 Å². The van der Waals surface area contributed by atoms with Crippen molar-refractivity contribution in [3.63, 3.8) is 0 Å². The molecule has 0 amide bonds. The summed E-state index contributed by atoms with van der Waals surface area (Å²) in [4.78, 5) is 9.69. The second-order valence-corrected chi connectivity index (χ2v) is 1.54. The van der Waals surface area contributed by atoms with Crippen molar-refractivity contribution in [3.8, 4) is 0 Å². The summed E-state index contributed by atoms with van der Waals surface area (Å²) in [7, 11) is 0. The van der Waals surface area contributed by atoms with E-state index in [9.17, 15) is 4.79 Å². The Morgan fingerprint density at radius 3 is 2.56 bits per heavy atom. The van der Waals surface area contributed by atoms with Crippen LogP contribution in [0.3, 0.4) is 0 Å². The van der Waals surface area contributed by atoms with Crippen molar-refractivity contribution in [2.75, 3.05) is 0 Å². The number of carbonyl (C=O) groups is 1. The van der Waals surface area contributed by atoms with E-state index in [1.165, 1.54) is 12.2 Å². The zero-order valence-corrected chi connectivity index (χ0v) is 5.32. The molecule has 0 aromatic rings. The van der Waals surface area contributed by atoms with Crippen molar-refractivity contribution in [2.24, 2.45) is 0 Å². The minimum Gasteiger partial charge on any atom is -0.385 e. The van der Waals surface area contributed by atoms with Gasteiger partial charge in [0, 0.05) is 0 Å². The lowest BCUT2D eigenvalue weighted by Crippen LogP contribution is -1.94. The van der Waals surface area contributed by atoms with Crippen LogP contribution in [0.25, 0.3) is 0 Å². The Morgan fingerprint density at radius 2 is 2.11 bits per heavy atom. The van der Waals surface area contributed by atoms with Gasteiger partial charge in [-0.3, -0.25) is 4.79 Å². The molecule has 2 heteroatoms. The van der Waals surface area contributed by atoms with Crippen LogP contribution >= 0.6 is 0 Å².